The third-order valence-corrected chi connectivity index (χ3v) is 4.24. The summed E-state index contributed by atoms with van der Waals surface area (Å²) >= 11 is 0. The first-order valence-electron chi connectivity index (χ1n) is 8.44. The fraction of sp³-hybridized carbons (Fsp3) is 0.238. The standard InChI is InChI=1S/C21H21NO5/c1-12-5-7-17-15(9-12)16(22-13(2)21(23)24)11-19(27-17)14-6-8-18(25-3)20(10-14)26-4/h5-11,13H,1-4H3,(H,23,24)/p-1. The van der Waals surface area contributed by atoms with E-state index in [2.05, 4.69) is 4.99 Å². The van der Waals surface area contributed by atoms with Crippen molar-refractivity contribution in [2.24, 2.45) is 4.99 Å². The highest BCUT2D eigenvalue weighted by atomic mass is 16.5. The molecule has 3 rings (SSSR count). The molecular weight excluding hydrogens is 346 g/mol. The SMILES string of the molecule is COc1ccc(-c2cc(=NC(C)C(=O)[O-])c3cc(C)ccc3o2)cc1OC. The van der Waals surface area contributed by atoms with Gasteiger partial charge in [-0.3, -0.25) is 4.99 Å². The van der Waals surface area contributed by atoms with E-state index in [1.807, 2.05) is 31.2 Å². The largest absolute Gasteiger partial charge is 0.548 e. The minimum atomic E-state index is -1.23. The van der Waals surface area contributed by atoms with Crippen molar-refractivity contribution in [2.45, 2.75) is 19.9 Å². The lowest BCUT2D eigenvalue weighted by Crippen LogP contribution is -2.33. The van der Waals surface area contributed by atoms with Crippen molar-refractivity contribution in [1.29, 1.82) is 0 Å². The van der Waals surface area contributed by atoms with E-state index in [1.54, 1.807) is 32.4 Å². The number of benzene rings is 2. The zero-order valence-corrected chi connectivity index (χ0v) is 15.6. The van der Waals surface area contributed by atoms with Gasteiger partial charge in [0.2, 0.25) is 0 Å². The number of ether oxygens (including phenoxy) is 2. The van der Waals surface area contributed by atoms with Gasteiger partial charge in [-0.15, -0.1) is 0 Å². The third-order valence-electron chi connectivity index (χ3n) is 4.24. The highest BCUT2D eigenvalue weighted by Gasteiger charge is 2.11. The number of carbonyl (C=O) groups is 1. The molecule has 0 aliphatic rings. The fourth-order valence-electron chi connectivity index (χ4n) is 2.78. The summed E-state index contributed by atoms with van der Waals surface area (Å²) in [5.74, 6) is 0.477. The summed E-state index contributed by atoms with van der Waals surface area (Å²) in [6, 6.07) is 11.8. The van der Waals surface area contributed by atoms with Gasteiger partial charge in [0.05, 0.1) is 31.6 Å². The number of rotatable bonds is 5. The maximum absolute atomic E-state index is 11.2. The quantitative estimate of drug-likeness (QED) is 0.693. The molecule has 140 valence electrons. The molecular formula is C21H20NO5-. The Morgan fingerprint density at radius 2 is 1.81 bits per heavy atom. The molecule has 0 N–H and O–H groups in total. The van der Waals surface area contributed by atoms with Crippen LogP contribution in [0.15, 0.2) is 51.9 Å². The van der Waals surface area contributed by atoms with Gasteiger partial charge in [-0.1, -0.05) is 11.6 Å². The van der Waals surface area contributed by atoms with Crippen LogP contribution in [0.1, 0.15) is 12.5 Å². The van der Waals surface area contributed by atoms with Gasteiger partial charge < -0.3 is 23.8 Å². The van der Waals surface area contributed by atoms with Crippen molar-refractivity contribution in [3.63, 3.8) is 0 Å². The molecule has 0 bridgehead atoms. The van der Waals surface area contributed by atoms with E-state index in [9.17, 15) is 9.90 Å². The Labute approximate surface area is 156 Å². The smallest absolute Gasteiger partial charge is 0.161 e. The molecule has 6 heteroatoms. The zero-order chi connectivity index (χ0) is 19.6. The molecule has 0 amide bonds. The molecule has 0 spiro atoms. The first kappa shape index (κ1) is 18.5. The Hall–Kier alpha value is -3.28. The topological polar surface area (TPSA) is 84.1 Å². The van der Waals surface area contributed by atoms with Crippen molar-refractivity contribution >= 4 is 16.9 Å². The second-order valence-electron chi connectivity index (χ2n) is 6.19. The van der Waals surface area contributed by atoms with Gasteiger partial charge in [-0.2, -0.15) is 0 Å². The summed E-state index contributed by atoms with van der Waals surface area (Å²) in [7, 11) is 3.13. The summed E-state index contributed by atoms with van der Waals surface area (Å²) < 4.78 is 16.7. The number of fused-ring (bicyclic) bond motifs is 1. The number of methoxy groups -OCH3 is 2. The number of carbonyl (C=O) groups excluding carboxylic acids is 1. The van der Waals surface area contributed by atoms with E-state index in [1.165, 1.54) is 6.92 Å². The van der Waals surface area contributed by atoms with Crippen LogP contribution in [-0.4, -0.2) is 26.2 Å². The van der Waals surface area contributed by atoms with E-state index in [-0.39, 0.29) is 0 Å². The lowest BCUT2D eigenvalue weighted by molar-refractivity contribution is -0.306. The number of carboxylic acids is 1. The predicted molar refractivity (Wildman–Crippen MR) is 99.5 cm³/mol. The number of carboxylic acid groups (broad SMARTS) is 1. The van der Waals surface area contributed by atoms with E-state index >= 15 is 0 Å². The highest BCUT2D eigenvalue weighted by molar-refractivity contribution is 5.80. The number of aliphatic carboxylic acids is 1. The zero-order valence-electron chi connectivity index (χ0n) is 15.6. The normalized spacial score (nSPS) is 12.8. The number of aryl methyl sites for hydroxylation is 1. The Bertz CT molecular complexity index is 1070. The van der Waals surface area contributed by atoms with Gasteiger partial charge >= 0.3 is 0 Å². The highest BCUT2D eigenvalue weighted by Crippen LogP contribution is 2.32. The average Bonchev–Trinajstić information content (AvgIpc) is 2.67. The van der Waals surface area contributed by atoms with E-state index in [0.717, 1.165) is 16.5 Å². The van der Waals surface area contributed by atoms with Crippen LogP contribution in [0.5, 0.6) is 11.5 Å². The first-order chi connectivity index (χ1) is 12.9. The van der Waals surface area contributed by atoms with Crippen LogP contribution < -0.4 is 19.9 Å². The van der Waals surface area contributed by atoms with Crippen LogP contribution in [0.4, 0.5) is 0 Å². The molecule has 0 fully saturated rings. The minimum Gasteiger partial charge on any atom is -0.548 e. The summed E-state index contributed by atoms with van der Waals surface area (Å²) in [4.78, 5) is 15.5. The van der Waals surface area contributed by atoms with Gasteiger partial charge in [0, 0.05) is 17.0 Å². The molecule has 0 saturated heterocycles. The monoisotopic (exact) mass is 366 g/mol. The number of hydrogen-bond donors (Lipinski definition) is 0. The average molecular weight is 366 g/mol. The third kappa shape index (κ3) is 3.79. The minimum absolute atomic E-state index is 0.529. The maximum atomic E-state index is 11.2. The maximum Gasteiger partial charge on any atom is 0.161 e. The molecule has 1 unspecified atom stereocenters. The van der Waals surface area contributed by atoms with Gasteiger partial charge in [0.15, 0.2) is 11.5 Å². The van der Waals surface area contributed by atoms with Gasteiger partial charge in [0.1, 0.15) is 11.3 Å². The van der Waals surface area contributed by atoms with E-state index < -0.39 is 12.0 Å². The fourth-order valence-corrected chi connectivity index (χ4v) is 2.78. The van der Waals surface area contributed by atoms with Crippen LogP contribution in [0.3, 0.4) is 0 Å². The summed E-state index contributed by atoms with van der Waals surface area (Å²) in [5, 5.41) is 12.4. The molecule has 27 heavy (non-hydrogen) atoms. The Morgan fingerprint density at radius 3 is 2.48 bits per heavy atom. The molecule has 0 aliphatic carbocycles. The molecule has 6 nitrogen and oxygen atoms in total. The summed E-state index contributed by atoms with van der Waals surface area (Å²) in [5.41, 5.74) is 2.39. The Morgan fingerprint density at radius 1 is 1.07 bits per heavy atom. The molecule has 1 aromatic heterocycles. The van der Waals surface area contributed by atoms with Crippen molar-refractivity contribution in [1.82, 2.24) is 0 Å². The molecule has 0 aliphatic heterocycles. The molecule has 1 heterocycles. The van der Waals surface area contributed by atoms with Crippen LogP contribution in [0.2, 0.25) is 0 Å². The lowest BCUT2D eigenvalue weighted by atomic mass is 10.1. The molecule has 0 radical (unpaired) electrons. The van der Waals surface area contributed by atoms with E-state index in [0.29, 0.717) is 28.2 Å². The summed E-state index contributed by atoms with van der Waals surface area (Å²) in [6.45, 7) is 3.44. The molecule has 2 aromatic carbocycles. The summed E-state index contributed by atoms with van der Waals surface area (Å²) in [6.07, 6.45) is 0. The second-order valence-corrected chi connectivity index (χ2v) is 6.19. The van der Waals surface area contributed by atoms with Crippen molar-refractivity contribution in [2.75, 3.05) is 14.2 Å². The van der Waals surface area contributed by atoms with Crippen molar-refractivity contribution < 1.29 is 23.8 Å². The number of nitrogens with zero attached hydrogens (tertiary/aromatic N) is 1. The second kappa shape index (κ2) is 7.53. The molecule has 3 aromatic rings. The van der Waals surface area contributed by atoms with Gasteiger partial charge in [-0.25, -0.2) is 0 Å². The first-order valence-corrected chi connectivity index (χ1v) is 8.44. The number of hydrogen-bond acceptors (Lipinski definition) is 6. The Balaban J connectivity index is 2.26. The lowest BCUT2D eigenvalue weighted by Gasteiger charge is -2.11. The van der Waals surface area contributed by atoms with Gasteiger partial charge in [0.25, 0.3) is 0 Å². The van der Waals surface area contributed by atoms with Crippen LogP contribution in [0.25, 0.3) is 22.3 Å². The molecule has 1 atom stereocenters. The van der Waals surface area contributed by atoms with Gasteiger partial charge in [-0.05, 0) is 44.2 Å². The van der Waals surface area contributed by atoms with Crippen molar-refractivity contribution in [3.8, 4) is 22.8 Å². The predicted octanol–water partition coefficient (Wildman–Crippen LogP) is 2.46. The van der Waals surface area contributed by atoms with E-state index in [4.69, 9.17) is 13.9 Å². The Kier molecular flexibility index (Phi) is 5.16. The van der Waals surface area contributed by atoms with Crippen LogP contribution >= 0.6 is 0 Å². The van der Waals surface area contributed by atoms with Crippen LogP contribution in [0, 0.1) is 6.92 Å². The molecule has 0 saturated carbocycles. The van der Waals surface area contributed by atoms with Crippen LogP contribution in [-0.2, 0) is 4.79 Å². The van der Waals surface area contributed by atoms with Crippen molar-refractivity contribution in [3.05, 3.63) is 53.4 Å².